The van der Waals surface area contributed by atoms with Gasteiger partial charge in [-0.25, -0.2) is 0 Å². The molecule has 0 aromatic rings. The zero-order valence-electron chi connectivity index (χ0n) is 19.3. The maximum absolute atomic E-state index is 10.0. The fraction of sp³-hybridized carbons (Fsp3) is 0.778. The van der Waals surface area contributed by atoms with E-state index in [0.29, 0.717) is 18.3 Å². The van der Waals surface area contributed by atoms with E-state index in [1.54, 1.807) is 5.57 Å². The molecule has 2 heteroatoms. The summed E-state index contributed by atoms with van der Waals surface area (Å²) in [7, 11) is 0. The lowest BCUT2D eigenvalue weighted by molar-refractivity contribution is 0.0138. The van der Waals surface area contributed by atoms with Crippen LogP contribution in [0.1, 0.15) is 91.9 Å². The molecule has 3 aliphatic rings. The molecule has 0 aromatic carbocycles. The Labute approximate surface area is 179 Å². The number of hydrogen-bond donors (Lipinski definition) is 2. The minimum absolute atomic E-state index is 0.457. The summed E-state index contributed by atoms with van der Waals surface area (Å²) in [4.78, 5) is 0. The first-order valence-corrected chi connectivity index (χ1v) is 12.2. The van der Waals surface area contributed by atoms with Crippen LogP contribution in [-0.2, 0) is 0 Å². The van der Waals surface area contributed by atoms with Crippen LogP contribution in [-0.4, -0.2) is 22.4 Å². The molecule has 0 radical (unpaired) electrons. The molecule has 0 heterocycles. The van der Waals surface area contributed by atoms with Crippen LogP contribution < -0.4 is 0 Å². The third-order valence-electron chi connectivity index (χ3n) is 8.45. The van der Waals surface area contributed by atoms with Gasteiger partial charge < -0.3 is 10.2 Å². The van der Waals surface area contributed by atoms with Crippen molar-refractivity contribution in [3.63, 3.8) is 0 Å². The number of hydrogen-bond acceptors (Lipinski definition) is 2. The number of aliphatic hydroxyl groups is 2. The van der Waals surface area contributed by atoms with E-state index in [9.17, 15) is 10.2 Å². The SMILES string of the molecule is C=C1C[C@H](O)[C@H](O)C/C1=C/C=C1CCC[C@@]2(C)C1CC[C@@H]2[C@H](C)CCCC(C)C. The van der Waals surface area contributed by atoms with E-state index in [-0.39, 0.29) is 0 Å². The van der Waals surface area contributed by atoms with Crippen LogP contribution >= 0.6 is 0 Å². The average Bonchev–Trinajstić information content (AvgIpc) is 3.01. The van der Waals surface area contributed by atoms with Gasteiger partial charge in [0.25, 0.3) is 0 Å². The van der Waals surface area contributed by atoms with Crippen molar-refractivity contribution < 1.29 is 10.2 Å². The van der Waals surface area contributed by atoms with Crippen molar-refractivity contribution >= 4 is 0 Å². The second kappa shape index (κ2) is 9.52. The molecule has 0 amide bonds. The number of rotatable bonds is 6. The van der Waals surface area contributed by atoms with Gasteiger partial charge in [-0.3, -0.25) is 0 Å². The Hall–Kier alpha value is -0.860. The molecule has 0 aliphatic heterocycles. The third kappa shape index (κ3) is 5.07. The van der Waals surface area contributed by atoms with Crippen LogP contribution in [0.4, 0.5) is 0 Å². The van der Waals surface area contributed by atoms with Crippen molar-refractivity contribution in [3.8, 4) is 0 Å². The van der Waals surface area contributed by atoms with Gasteiger partial charge in [0.05, 0.1) is 12.2 Å². The number of aliphatic hydroxyl groups excluding tert-OH is 2. The van der Waals surface area contributed by atoms with Crippen molar-refractivity contribution in [2.24, 2.45) is 29.1 Å². The molecule has 2 N–H and O–H groups in total. The van der Waals surface area contributed by atoms with Crippen LogP contribution in [0.25, 0.3) is 0 Å². The van der Waals surface area contributed by atoms with Gasteiger partial charge >= 0.3 is 0 Å². The van der Waals surface area contributed by atoms with Crippen molar-refractivity contribution in [3.05, 3.63) is 35.5 Å². The lowest BCUT2D eigenvalue weighted by Gasteiger charge is -2.44. The standard InChI is InChI=1S/C27H44O2/c1-18(2)8-6-9-19(3)23-13-14-24-21(10-7-15-27(23,24)5)11-12-22-17-26(29)25(28)16-20(22)4/h11-12,18-19,23-26,28-29H,4,6-10,13-17H2,1-3,5H3/b21-11?,22-12-/t19-,23-,24?,25+,26-,27-/m1/s1. The second-order valence-corrected chi connectivity index (χ2v) is 11.0. The molecule has 3 saturated carbocycles. The number of allylic oxidation sites excluding steroid dienone is 3. The van der Waals surface area contributed by atoms with E-state index in [1.165, 1.54) is 51.4 Å². The minimum atomic E-state index is -0.655. The molecule has 0 bridgehead atoms. The van der Waals surface area contributed by atoms with Crippen molar-refractivity contribution in [1.82, 2.24) is 0 Å². The molecule has 3 aliphatic carbocycles. The summed E-state index contributed by atoms with van der Waals surface area (Å²) < 4.78 is 0. The summed E-state index contributed by atoms with van der Waals surface area (Å²) in [6.45, 7) is 13.9. The fourth-order valence-corrected chi connectivity index (χ4v) is 6.68. The van der Waals surface area contributed by atoms with Gasteiger partial charge in [0.2, 0.25) is 0 Å². The van der Waals surface area contributed by atoms with Crippen molar-refractivity contribution in [2.45, 2.75) is 104 Å². The molecule has 0 aromatic heterocycles. The first-order valence-electron chi connectivity index (χ1n) is 12.2. The van der Waals surface area contributed by atoms with Gasteiger partial charge in [-0.1, -0.05) is 71.3 Å². The summed E-state index contributed by atoms with van der Waals surface area (Å²) in [6.07, 6.45) is 15.0. The highest BCUT2D eigenvalue weighted by atomic mass is 16.3. The highest BCUT2D eigenvalue weighted by Crippen LogP contribution is 2.59. The van der Waals surface area contributed by atoms with Crippen LogP contribution in [0.15, 0.2) is 35.5 Å². The maximum atomic E-state index is 10.0. The normalized spacial score (nSPS) is 39.3. The second-order valence-electron chi connectivity index (χ2n) is 11.0. The molecule has 3 fully saturated rings. The Morgan fingerprint density at radius 3 is 2.52 bits per heavy atom. The predicted molar refractivity (Wildman–Crippen MR) is 123 cm³/mol. The molecule has 6 atom stereocenters. The van der Waals surface area contributed by atoms with Gasteiger partial charge in [0, 0.05) is 12.8 Å². The summed E-state index contributed by atoms with van der Waals surface area (Å²) in [5, 5.41) is 19.9. The first kappa shape index (κ1) is 22.8. The highest BCUT2D eigenvalue weighted by Gasteiger charge is 2.50. The van der Waals surface area contributed by atoms with Crippen molar-refractivity contribution in [2.75, 3.05) is 0 Å². The summed E-state index contributed by atoms with van der Waals surface area (Å²) in [6, 6.07) is 0. The Morgan fingerprint density at radius 2 is 1.79 bits per heavy atom. The topological polar surface area (TPSA) is 40.5 Å². The summed E-state index contributed by atoms with van der Waals surface area (Å²) in [5.74, 6) is 3.23. The lowest BCUT2D eigenvalue weighted by Crippen LogP contribution is -2.36. The quantitative estimate of drug-likeness (QED) is 0.528. The minimum Gasteiger partial charge on any atom is -0.390 e. The van der Waals surface area contributed by atoms with E-state index >= 15 is 0 Å². The molecule has 2 nitrogen and oxygen atoms in total. The smallest absolute Gasteiger partial charge is 0.0842 e. The fourth-order valence-electron chi connectivity index (χ4n) is 6.68. The monoisotopic (exact) mass is 400 g/mol. The Kier molecular flexibility index (Phi) is 7.49. The van der Waals surface area contributed by atoms with E-state index in [1.807, 2.05) is 0 Å². The summed E-state index contributed by atoms with van der Waals surface area (Å²) >= 11 is 0. The van der Waals surface area contributed by atoms with E-state index < -0.39 is 12.2 Å². The van der Waals surface area contributed by atoms with Crippen LogP contribution in [0.2, 0.25) is 0 Å². The Balaban J connectivity index is 1.70. The molecular formula is C27H44O2. The van der Waals surface area contributed by atoms with Crippen LogP contribution in [0.5, 0.6) is 0 Å². The highest BCUT2D eigenvalue weighted by molar-refractivity contribution is 5.37. The molecule has 3 rings (SSSR count). The van der Waals surface area contributed by atoms with E-state index in [4.69, 9.17) is 0 Å². The van der Waals surface area contributed by atoms with Gasteiger partial charge in [0.1, 0.15) is 0 Å². The molecule has 0 spiro atoms. The van der Waals surface area contributed by atoms with Gasteiger partial charge in [0.15, 0.2) is 0 Å². The molecule has 164 valence electrons. The third-order valence-corrected chi connectivity index (χ3v) is 8.45. The zero-order valence-corrected chi connectivity index (χ0v) is 19.3. The molecule has 0 saturated heterocycles. The van der Waals surface area contributed by atoms with Crippen LogP contribution in [0.3, 0.4) is 0 Å². The van der Waals surface area contributed by atoms with Crippen molar-refractivity contribution in [1.29, 1.82) is 0 Å². The summed E-state index contributed by atoms with van der Waals surface area (Å²) in [5.41, 5.74) is 4.19. The van der Waals surface area contributed by atoms with Gasteiger partial charge in [-0.2, -0.15) is 0 Å². The van der Waals surface area contributed by atoms with Crippen LogP contribution in [0, 0.1) is 29.1 Å². The van der Waals surface area contributed by atoms with E-state index in [2.05, 4.69) is 46.4 Å². The molecule has 29 heavy (non-hydrogen) atoms. The largest absolute Gasteiger partial charge is 0.390 e. The van der Waals surface area contributed by atoms with Gasteiger partial charge in [-0.05, 0) is 72.3 Å². The maximum Gasteiger partial charge on any atom is 0.0842 e. The predicted octanol–water partition coefficient (Wildman–Crippen LogP) is 6.59. The average molecular weight is 401 g/mol. The Morgan fingerprint density at radius 1 is 1.07 bits per heavy atom. The molecule has 1 unspecified atom stereocenters. The molecular weight excluding hydrogens is 356 g/mol. The van der Waals surface area contributed by atoms with Gasteiger partial charge in [-0.15, -0.1) is 0 Å². The van der Waals surface area contributed by atoms with E-state index in [0.717, 1.165) is 34.8 Å². The lowest BCUT2D eigenvalue weighted by atomic mass is 9.60. The first-order chi connectivity index (χ1) is 13.7. The zero-order chi connectivity index (χ0) is 21.2. The number of fused-ring (bicyclic) bond motifs is 1. The Bertz CT molecular complexity index is 643.